The van der Waals surface area contributed by atoms with Crippen LogP contribution in [0.3, 0.4) is 0 Å². The Labute approximate surface area is 159 Å². The minimum atomic E-state index is 0.121. The van der Waals surface area contributed by atoms with Gasteiger partial charge in [0.1, 0.15) is 0 Å². The van der Waals surface area contributed by atoms with Crippen molar-refractivity contribution < 1.29 is 4.79 Å². The molecular weight excluding hydrogens is 344 g/mol. The molecule has 2 aliphatic rings. The molecular formula is C20H26N4OS. The number of fused-ring (bicyclic) bond motifs is 2. The van der Waals surface area contributed by atoms with E-state index in [-0.39, 0.29) is 5.91 Å². The molecule has 0 saturated heterocycles. The van der Waals surface area contributed by atoms with Gasteiger partial charge in [0.15, 0.2) is 11.0 Å². The first-order chi connectivity index (χ1) is 12.6. The van der Waals surface area contributed by atoms with Gasteiger partial charge in [-0.05, 0) is 51.0 Å². The van der Waals surface area contributed by atoms with Crippen LogP contribution in [0.4, 0.5) is 0 Å². The van der Waals surface area contributed by atoms with Gasteiger partial charge in [0.25, 0.3) is 0 Å². The fourth-order valence-electron chi connectivity index (χ4n) is 4.48. The van der Waals surface area contributed by atoms with Gasteiger partial charge in [0.2, 0.25) is 5.91 Å². The topological polar surface area (TPSA) is 59.8 Å². The number of rotatable bonds is 6. The number of carbonyl (C=O) groups is 1. The molecule has 1 amide bonds. The number of aryl methyl sites for hydroxylation is 1. The molecule has 0 aliphatic heterocycles. The van der Waals surface area contributed by atoms with E-state index in [9.17, 15) is 4.79 Å². The summed E-state index contributed by atoms with van der Waals surface area (Å²) in [5.74, 6) is 2.95. The SMILES string of the molecule is CCn1c(SCC(=O)N[C@H]2C[C@H]3CC[C@H]2C3)nnc1-c1cccc(C)c1. The minimum Gasteiger partial charge on any atom is -0.352 e. The van der Waals surface area contributed by atoms with Crippen LogP contribution in [-0.2, 0) is 11.3 Å². The lowest BCUT2D eigenvalue weighted by Crippen LogP contribution is -2.39. The second-order valence-corrected chi connectivity index (χ2v) is 8.50. The summed E-state index contributed by atoms with van der Waals surface area (Å²) in [6.07, 6.45) is 5.12. The second kappa shape index (κ2) is 7.43. The van der Waals surface area contributed by atoms with E-state index in [1.165, 1.54) is 43.0 Å². The quantitative estimate of drug-likeness (QED) is 0.788. The zero-order valence-corrected chi connectivity index (χ0v) is 16.3. The van der Waals surface area contributed by atoms with Crippen LogP contribution in [0.15, 0.2) is 29.4 Å². The third kappa shape index (κ3) is 3.52. The van der Waals surface area contributed by atoms with Gasteiger partial charge in [-0.15, -0.1) is 10.2 Å². The van der Waals surface area contributed by atoms with Crippen LogP contribution in [0.25, 0.3) is 11.4 Å². The van der Waals surface area contributed by atoms with Crippen LogP contribution in [0, 0.1) is 18.8 Å². The zero-order chi connectivity index (χ0) is 18.1. The number of nitrogens with one attached hydrogen (secondary N) is 1. The largest absolute Gasteiger partial charge is 0.352 e. The number of nitrogens with zero attached hydrogens (tertiary/aromatic N) is 3. The fraction of sp³-hybridized carbons (Fsp3) is 0.550. The molecule has 1 aromatic carbocycles. The Kier molecular flexibility index (Phi) is 5.02. The molecule has 3 atom stereocenters. The summed E-state index contributed by atoms with van der Waals surface area (Å²) in [4.78, 5) is 12.4. The standard InChI is InChI=1S/C20H26N4OS/c1-3-24-19(16-6-4-5-13(2)9-16)22-23-20(24)26-12-18(25)21-17-11-14-7-8-15(17)10-14/h4-6,9,14-15,17H,3,7-8,10-12H2,1-2H3,(H,21,25)/t14-,15-,17-/m0/s1. The molecule has 0 spiro atoms. The monoisotopic (exact) mass is 370 g/mol. The predicted octanol–water partition coefficient (Wildman–Crippen LogP) is 3.67. The highest BCUT2D eigenvalue weighted by atomic mass is 32.2. The third-order valence-electron chi connectivity index (χ3n) is 5.73. The molecule has 2 bridgehead atoms. The second-order valence-electron chi connectivity index (χ2n) is 7.56. The van der Waals surface area contributed by atoms with Gasteiger partial charge in [-0.2, -0.15) is 0 Å². The summed E-state index contributed by atoms with van der Waals surface area (Å²) in [5.41, 5.74) is 2.27. The Bertz CT molecular complexity index is 803. The average Bonchev–Trinajstić information content (AvgIpc) is 3.34. The van der Waals surface area contributed by atoms with Gasteiger partial charge in [-0.25, -0.2) is 0 Å². The molecule has 6 heteroatoms. The summed E-state index contributed by atoms with van der Waals surface area (Å²) >= 11 is 1.48. The zero-order valence-electron chi connectivity index (χ0n) is 15.4. The van der Waals surface area contributed by atoms with Crippen molar-refractivity contribution >= 4 is 17.7 Å². The molecule has 2 fully saturated rings. The van der Waals surface area contributed by atoms with Gasteiger partial charge in [0, 0.05) is 18.2 Å². The molecule has 26 heavy (non-hydrogen) atoms. The maximum absolute atomic E-state index is 12.4. The highest BCUT2D eigenvalue weighted by Gasteiger charge is 2.40. The maximum atomic E-state index is 12.4. The fourth-order valence-corrected chi connectivity index (χ4v) is 5.29. The molecule has 4 rings (SSSR count). The van der Waals surface area contributed by atoms with Crippen LogP contribution < -0.4 is 5.32 Å². The van der Waals surface area contributed by atoms with Crippen LogP contribution in [-0.4, -0.2) is 32.5 Å². The molecule has 1 N–H and O–H groups in total. The Morgan fingerprint density at radius 3 is 2.88 bits per heavy atom. The van der Waals surface area contributed by atoms with Crippen LogP contribution in [0.1, 0.15) is 38.2 Å². The van der Waals surface area contributed by atoms with Crippen LogP contribution in [0.2, 0.25) is 0 Å². The highest BCUT2D eigenvalue weighted by Crippen LogP contribution is 2.44. The van der Waals surface area contributed by atoms with Crippen molar-refractivity contribution in [1.29, 1.82) is 0 Å². The van der Waals surface area contributed by atoms with Crippen LogP contribution in [0.5, 0.6) is 0 Å². The summed E-state index contributed by atoms with van der Waals surface area (Å²) in [6.45, 7) is 4.94. The lowest BCUT2D eigenvalue weighted by atomic mass is 9.95. The number of hydrogen-bond acceptors (Lipinski definition) is 4. The van der Waals surface area contributed by atoms with Crippen molar-refractivity contribution in [3.8, 4) is 11.4 Å². The first-order valence-electron chi connectivity index (χ1n) is 9.56. The van der Waals surface area contributed by atoms with Crippen molar-refractivity contribution in [2.75, 3.05) is 5.75 Å². The van der Waals surface area contributed by atoms with Crippen molar-refractivity contribution in [2.24, 2.45) is 11.8 Å². The third-order valence-corrected chi connectivity index (χ3v) is 6.69. The van der Waals surface area contributed by atoms with Gasteiger partial charge < -0.3 is 9.88 Å². The highest BCUT2D eigenvalue weighted by molar-refractivity contribution is 7.99. The minimum absolute atomic E-state index is 0.121. The number of carbonyl (C=O) groups excluding carboxylic acids is 1. The number of amides is 1. The molecule has 0 unspecified atom stereocenters. The van der Waals surface area contributed by atoms with Gasteiger partial charge in [0.05, 0.1) is 5.75 Å². The van der Waals surface area contributed by atoms with E-state index in [0.29, 0.717) is 17.7 Å². The van der Waals surface area contributed by atoms with E-state index >= 15 is 0 Å². The van der Waals surface area contributed by atoms with E-state index < -0.39 is 0 Å². The van der Waals surface area contributed by atoms with Crippen molar-refractivity contribution in [1.82, 2.24) is 20.1 Å². The molecule has 2 aromatic rings. The Hall–Kier alpha value is -1.82. The van der Waals surface area contributed by atoms with E-state index in [2.05, 4.69) is 52.1 Å². The molecule has 138 valence electrons. The van der Waals surface area contributed by atoms with E-state index in [4.69, 9.17) is 0 Å². The summed E-state index contributed by atoms with van der Waals surface area (Å²) < 4.78 is 2.09. The molecule has 1 aromatic heterocycles. The van der Waals surface area contributed by atoms with Crippen molar-refractivity contribution in [3.63, 3.8) is 0 Å². The Morgan fingerprint density at radius 1 is 1.31 bits per heavy atom. The average molecular weight is 371 g/mol. The smallest absolute Gasteiger partial charge is 0.230 e. The summed E-state index contributed by atoms with van der Waals surface area (Å²) in [6, 6.07) is 8.68. The van der Waals surface area contributed by atoms with E-state index in [0.717, 1.165) is 29.0 Å². The van der Waals surface area contributed by atoms with Gasteiger partial charge in [-0.1, -0.05) is 41.9 Å². The lowest BCUT2D eigenvalue weighted by molar-refractivity contribution is -0.119. The summed E-state index contributed by atoms with van der Waals surface area (Å²) in [5, 5.41) is 12.8. The summed E-state index contributed by atoms with van der Waals surface area (Å²) in [7, 11) is 0. The maximum Gasteiger partial charge on any atom is 0.230 e. The number of thioether (sulfide) groups is 1. The first kappa shape index (κ1) is 17.6. The normalized spacial score (nSPS) is 24.2. The molecule has 5 nitrogen and oxygen atoms in total. The molecule has 2 aliphatic carbocycles. The van der Waals surface area contributed by atoms with Crippen LogP contribution >= 0.6 is 11.8 Å². The Balaban J connectivity index is 1.39. The first-order valence-corrected chi connectivity index (χ1v) is 10.5. The number of benzene rings is 1. The van der Waals surface area contributed by atoms with Crippen molar-refractivity contribution in [2.45, 2.75) is 57.3 Å². The van der Waals surface area contributed by atoms with Gasteiger partial charge >= 0.3 is 0 Å². The van der Waals surface area contributed by atoms with Gasteiger partial charge in [-0.3, -0.25) is 4.79 Å². The molecule has 2 saturated carbocycles. The Morgan fingerprint density at radius 2 is 2.19 bits per heavy atom. The molecule has 1 heterocycles. The molecule has 0 radical (unpaired) electrons. The van der Waals surface area contributed by atoms with E-state index in [1.54, 1.807) is 0 Å². The number of hydrogen-bond donors (Lipinski definition) is 1. The lowest BCUT2D eigenvalue weighted by Gasteiger charge is -2.22. The predicted molar refractivity (Wildman–Crippen MR) is 104 cm³/mol. The number of aromatic nitrogens is 3. The van der Waals surface area contributed by atoms with Crippen molar-refractivity contribution in [3.05, 3.63) is 29.8 Å². The van der Waals surface area contributed by atoms with E-state index in [1.807, 2.05) is 6.07 Å².